The van der Waals surface area contributed by atoms with E-state index in [0.717, 1.165) is 4.90 Å². The van der Waals surface area contributed by atoms with Crippen LogP contribution in [0.2, 0.25) is 0 Å². The summed E-state index contributed by atoms with van der Waals surface area (Å²) in [6.07, 6.45) is 0. The van der Waals surface area contributed by atoms with E-state index in [4.69, 9.17) is 10.2 Å². The van der Waals surface area contributed by atoms with Gasteiger partial charge >= 0.3 is 11.9 Å². The topological polar surface area (TPSA) is 94.9 Å². The van der Waals surface area contributed by atoms with E-state index in [0.29, 0.717) is 0 Å². The van der Waals surface area contributed by atoms with Crippen LogP contribution < -0.4 is 0 Å². The number of hydrogen-bond acceptors (Lipinski definition) is 3. The highest BCUT2D eigenvalue weighted by Crippen LogP contribution is 2.14. The first kappa shape index (κ1) is 15.4. The molecule has 0 heterocycles. The van der Waals surface area contributed by atoms with Crippen LogP contribution in [0.25, 0.3) is 0 Å². The summed E-state index contributed by atoms with van der Waals surface area (Å²) in [5.74, 6) is -3.67. The van der Waals surface area contributed by atoms with Gasteiger partial charge in [-0.3, -0.25) is 9.59 Å². The molecular formula is C11H19NO5. The molecule has 98 valence electrons. The Hall–Kier alpha value is -1.59. The van der Waals surface area contributed by atoms with Crippen molar-refractivity contribution in [2.75, 3.05) is 6.54 Å². The number of rotatable bonds is 6. The largest absolute Gasteiger partial charge is 0.481 e. The average Bonchev–Trinajstić information content (AvgIpc) is 2.14. The van der Waals surface area contributed by atoms with Gasteiger partial charge in [0.1, 0.15) is 6.04 Å². The van der Waals surface area contributed by atoms with E-state index < -0.39 is 29.8 Å². The van der Waals surface area contributed by atoms with Crippen molar-refractivity contribution in [3.05, 3.63) is 0 Å². The second-order valence-corrected chi connectivity index (χ2v) is 4.44. The molecule has 2 atom stereocenters. The summed E-state index contributed by atoms with van der Waals surface area (Å²) < 4.78 is 0. The van der Waals surface area contributed by atoms with E-state index in [-0.39, 0.29) is 12.5 Å². The molecule has 0 spiro atoms. The van der Waals surface area contributed by atoms with Crippen molar-refractivity contribution in [1.29, 1.82) is 0 Å². The molecule has 0 saturated carbocycles. The van der Waals surface area contributed by atoms with Gasteiger partial charge in [0.2, 0.25) is 5.91 Å². The van der Waals surface area contributed by atoms with Crippen LogP contribution in [0.3, 0.4) is 0 Å². The van der Waals surface area contributed by atoms with Crippen LogP contribution in [0.4, 0.5) is 0 Å². The third-order valence-corrected chi connectivity index (χ3v) is 2.52. The van der Waals surface area contributed by atoms with Gasteiger partial charge in [-0.1, -0.05) is 20.8 Å². The molecule has 2 unspecified atom stereocenters. The molecule has 0 aliphatic carbocycles. The lowest BCUT2D eigenvalue weighted by Crippen LogP contribution is -2.49. The van der Waals surface area contributed by atoms with Gasteiger partial charge in [-0.05, 0) is 5.92 Å². The summed E-state index contributed by atoms with van der Waals surface area (Å²) in [6.45, 7) is 5.95. The molecule has 0 aliphatic rings. The number of carbonyl (C=O) groups excluding carboxylic acids is 1. The van der Waals surface area contributed by atoms with E-state index in [1.54, 1.807) is 13.8 Å². The van der Waals surface area contributed by atoms with Gasteiger partial charge < -0.3 is 15.1 Å². The molecule has 0 fully saturated rings. The number of amides is 1. The van der Waals surface area contributed by atoms with Crippen molar-refractivity contribution >= 4 is 17.8 Å². The van der Waals surface area contributed by atoms with Crippen LogP contribution >= 0.6 is 0 Å². The summed E-state index contributed by atoms with van der Waals surface area (Å²) in [6, 6.07) is -0.991. The van der Waals surface area contributed by atoms with E-state index in [9.17, 15) is 14.4 Å². The Balaban J connectivity index is 5.00. The molecule has 0 aromatic rings. The van der Waals surface area contributed by atoms with Crippen molar-refractivity contribution in [3.63, 3.8) is 0 Å². The van der Waals surface area contributed by atoms with Crippen LogP contribution in [-0.2, 0) is 14.4 Å². The average molecular weight is 245 g/mol. The third kappa shape index (κ3) is 4.42. The number of nitrogens with zero attached hydrogens (tertiary/aromatic N) is 1. The van der Waals surface area contributed by atoms with Gasteiger partial charge in [0, 0.05) is 13.5 Å². The first-order valence-corrected chi connectivity index (χ1v) is 5.41. The van der Waals surface area contributed by atoms with Crippen LogP contribution in [-0.4, -0.2) is 45.5 Å². The first-order valence-electron chi connectivity index (χ1n) is 5.41. The molecule has 2 N–H and O–H groups in total. The highest BCUT2D eigenvalue weighted by molar-refractivity contribution is 5.83. The van der Waals surface area contributed by atoms with Gasteiger partial charge in [-0.25, -0.2) is 4.79 Å². The summed E-state index contributed by atoms with van der Waals surface area (Å²) in [4.78, 5) is 34.4. The van der Waals surface area contributed by atoms with Crippen LogP contribution in [0.15, 0.2) is 0 Å². The first-order chi connectivity index (χ1) is 7.68. The Morgan fingerprint density at radius 2 is 1.53 bits per heavy atom. The number of carboxylic acids is 2. The normalized spacial score (nSPS) is 14.2. The minimum Gasteiger partial charge on any atom is -0.481 e. The SMILES string of the molecule is CC(=O)N(CC(C)C(=O)O)C(C(=O)O)C(C)C. The molecule has 0 saturated heterocycles. The number of carbonyl (C=O) groups is 3. The van der Waals surface area contributed by atoms with E-state index >= 15 is 0 Å². The lowest BCUT2D eigenvalue weighted by atomic mass is 10.0. The number of hydrogen-bond donors (Lipinski definition) is 2. The standard InChI is InChI=1S/C11H19NO5/c1-6(2)9(11(16)17)12(8(4)13)5-7(3)10(14)15/h6-7,9H,5H2,1-4H3,(H,14,15)(H,16,17). The molecule has 0 aliphatic heterocycles. The summed E-state index contributed by atoms with van der Waals surface area (Å²) in [5.41, 5.74) is 0. The van der Waals surface area contributed by atoms with Crippen LogP contribution in [0.5, 0.6) is 0 Å². The van der Waals surface area contributed by atoms with E-state index in [1.807, 2.05) is 0 Å². The van der Waals surface area contributed by atoms with Crippen LogP contribution in [0, 0.1) is 11.8 Å². The van der Waals surface area contributed by atoms with Crippen molar-refractivity contribution in [1.82, 2.24) is 4.90 Å². The molecule has 0 bridgehead atoms. The Morgan fingerprint density at radius 1 is 1.06 bits per heavy atom. The lowest BCUT2D eigenvalue weighted by molar-refractivity contribution is -0.154. The zero-order chi connectivity index (χ0) is 13.7. The van der Waals surface area contributed by atoms with Crippen molar-refractivity contribution in [2.45, 2.75) is 33.7 Å². The molecule has 17 heavy (non-hydrogen) atoms. The molecular weight excluding hydrogens is 226 g/mol. The molecule has 6 heteroatoms. The van der Waals surface area contributed by atoms with Gasteiger partial charge in [-0.15, -0.1) is 0 Å². The summed E-state index contributed by atoms with van der Waals surface area (Å²) >= 11 is 0. The van der Waals surface area contributed by atoms with Crippen molar-refractivity contribution in [3.8, 4) is 0 Å². The molecule has 0 radical (unpaired) electrons. The molecule has 0 aromatic heterocycles. The fraction of sp³-hybridized carbons (Fsp3) is 0.727. The predicted molar refractivity (Wildman–Crippen MR) is 60.4 cm³/mol. The van der Waals surface area contributed by atoms with Crippen molar-refractivity contribution < 1.29 is 24.6 Å². The fourth-order valence-electron chi connectivity index (χ4n) is 1.59. The van der Waals surface area contributed by atoms with Crippen molar-refractivity contribution in [2.24, 2.45) is 11.8 Å². The maximum atomic E-state index is 11.4. The highest BCUT2D eigenvalue weighted by atomic mass is 16.4. The van der Waals surface area contributed by atoms with Gasteiger partial charge in [0.15, 0.2) is 0 Å². The maximum Gasteiger partial charge on any atom is 0.326 e. The monoisotopic (exact) mass is 245 g/mol. The Labute approximate surface area is 100 Å². The summed E-state index contributed by atoms with van der Waals surface area (Å²) in [5, 5.41) is 17.9. The summed E-state index contributed by atoms with van der Waals surface area (Å²) in [7, 11) is 0. The predicted octanol–water partition coefficient (Wildman–Crippen LogP) is 0.665. The highest BCUT2D eigenvalue weighted by Gasteiger charge is 2.32. The quantitative estimate of drug-likeness (QED) is 0.717. The zero-order valence-electron chi connectivity index (χ0n) is 10.5. The minimum absolute atomic E-state index is 0.0974. The fourth-order valence-corrected chi connectivity index (χ4v) is 1.59. The van der Waals surface area contributed by atoms with Gasteiger partial charge in [0.05, 0.1) is 5.92 Å². The third-order valence-electron chi connectivity index (χ3n) is 2.52. The minimum atomic E-state index is -1.12. The number of carboxylic acid groups (broad SMARTS) is 2. The van der Waals surface area contributed by atoms with Gasteiger partial charge in [0.25, 0.3) is 0 Å². The Morgan fingerprint density at radius 3 is 1.76 bits per heavy atom. The molecule has 0 rings (SSSR count). The van der Waals surface area contributed by atoms with E-state index in [1.165, 1.54) is 13.8 Å². The lowest BCUT2D eigenvalue weighted by Gasteiger charge is -2.31. The molecule has 1 amide bonds. The second-order valence-electron chi connectivity index (χ2n) is 4.44. The smallest absolute Gasteiger partial charge is 0.326 e. The van der Waals surface area contributed by atoms with Crippen LogP contribution in [0.1, 0.15) is 27.7 Å². The Kier molecular flexibility index (Phi) is 5.64. The maximum absolute atomic E-state index is 11.4. The second kappa shape index (κ2) is 6.22. The molecule has 6 nitrogen and oxygen atoms in total. The molecule has 0 aromatic carbocycles. The number of aliphatic carboxylic acids is 2. The Bertz CT molecular complexity index is 313. The van der Waals surface area contributed by atoms with Gasteiger partial charge in [-0.2, -0.15) is 0 Å². The van der Waals surface area contributed by atoms with E-state index in [2.05, 4.69) is 0 Å². The zero-order valence-corrected chi connectivity index (χ0v) is 10.5.